The first-order valence-electron chi connectivity index (χ1n) is 5.96. The molecule has 0 aromatic heterocycles. The highest BCUT2D eigenvalue weighted by molar-refractivity contribution is 5.84. The molecule has 1 aliphatic heterocycles. The van der Waals surface area contributed by atoms with E-state index in [0.29, 0.717) is 0 Å². The first-order valence-corrected chi connectivity index (χ1v) is 5.96. The number of likely N-dealkylation sites (tertiary alicyclic amines) is 1. The molecule has 0 radical (unpaired) electrons. The number of amides is 1. The van der Waals surface area contributed by atoms with Crippen LogP contribution < -0.4 is 0 Å². The van der Waals surface area contributed by atoms with Crippen molar-refractivity contribution < 1.29 is 29.0 Å². The van der Waals surface area contributed by atoms with Gasteiger partial charge >= 0.3 is 18.0 Å². The first-order chi connectivity index (χ1) is 8.65. The second kappa shape index (κ2) is 5.46. The van der Waals surface area contributed by atoms with Crippen molar-refractivity contribution in [2.45, 2.75) is 38.8 Å². The van der Waals surface area contributed by atoms with Crippen LogP contribution in [0, 0.1) is 5.92 Å². The molecule has 1 saturated heterocycles. The van der Waals surface area contributed by atoms with Crippen molar-refractivity contribution in [2.75, 3.05) is 13.7 Å². The van der Waals surface area contributed by atoms with E-state index in [1.54, 1.807) is 20.8 Å². The molecule has 1 fully saturated rings. The SMILES string of the molecule is COC(=O)[C@@H]1C[C@H](C(=O)O)CN1C(=O)OC(C)(C)C. The van der Waals surface area contributed by atoms with E-state index in [9.17, 15) is 14.4 Å². The number of aliphatic carboxylic acids is 1. The number of hydrogen-bond acceptors (Lipinski definition) is 5. The van der Waals surface area contributed by atoms with Gasteiger partial charge in [0.1, 0.15) is 11.6 Å². The number of hydrogen-bond donors (Lipinski definition) is 1. The fourth-order valence-corrected chi connectivity index (χ4v) is 1.90. The molecular formula is C12H19NO6. The van der Waals surface area contributed by atoms with Gasteiger partial charge < -0.3 is 14.6 Å². The lowest BCUT2D eigenvalue weighted by molar-refractivity contribution is -0.145. The van der Waals surface area contributed by atoms with Gasteiger partial charge in [-0.15, -0.1) is 0 Å². The molecule has 0 aliphatic carbocycles. The van der Waals surface area contributed by atoms with Crippen LogP contribution in [0.3, 0.4) is 0 Å². The molecular weight excluding hydrogens is 254 g/mol. The van der Waals surface area contributed by atoms with Crippen molar-refractivity contribution in [2.24, 2.45) is 5.92 Å². The molecule has 7 nitrogen and oxygen atoms in total. The lowest BCUT2D eigenvalue weighted by Gasteiger charge is -2.27. The fourth-order valence-electron chi connectivity index (χ4n) is 1.90. The van der Waals surface area contributed by atoms with Gasteiger partial charge in [-0.1, -0.05) is 0 Å². The Bertz CT molecular complexity index is 386. The minimum absolute atomic E-state index is 0.0429. The maximum atomic E-state index is 12.0. The highest BCUT2D eigenvalue weighted by Gasteiger charge is 2.44. The number of nitrogens with zero attached hydrogens (tertiary/aromatic N) is 1. The number of rotatable bonds is 2. The van der Waals surface area contributed by atoms with Crippen molar-refractivity contribution >= 4 is 18.0 Å². The summed E-state index contributed by atoms with van der Waals surface area (Å²) in [5.74, 6) is -2.45. The van der Waals surface area contributed by atoms with Crippen LogP contribution in [0.2, 0.25) is 0 Å². The number of methoxy groups -OCH3 is 1. The van der Waals surface area contributed by atoms with Crippen molar-refractivity contribution in [3.05, 3.63) is 0 Å². The molecule has 0 spiro atoms. The molecule has 1 rings (SSSR count). The molecule has 1 aliphatic rings. The van der Waals surface area contributed by atoms with Crippen LogP contribution in [-0.4, -0.2) is 53.3 Å². The zero-order chi connectivity index (χ0) is 14.8. The average Bonchev–Trinajstić information content (AvgIpc) is 2.70. The molecule has 7 heteroatoms. The maximum absolute atomic E-state index is 12.0. The molecule has 19 heavy (non-hydrogen) atoms. The fraction of sp³-hybridized carbons (Fsp3) is 0.750. The number of carboxylic acid groups (broad SMARTS) is 1. The Morgan fingerprint density at radius 3 is 2.26 bits per heavy atom. The summed E-state index contributed by atoms with van der Waals surface area (Å²) in [6, 6.07) is -0.902. The Balaban J connectivity index is 2.85. The highest BCUT2D eigenvalue weighted by Crippen LogP contribution is 2.26. The third-order valence-electron chi connectivity index (χ3n) is 2.75. The molecule has 0 aromatic carbocycles. The molecule has 1 N–H and O–H groups in total. The Morgan fingerprint density at radius 2 is 1.84 bits per heavy atom. The number of ether oxygens (including phenoxy) is 2. The quantitative estimate of drug-likeness (QED) is 0.750. The van der Waals surface area contributed by atoms with Gasteiger partial charge in [0.2, 0.25) is 0 Å². The van der Waals surface area contributed by atoms with Crippen LogP contribution in [0.5, 0.6) is 0 Å². The molecule has 2 atom stereocenters. The predicted molar refractivity (Wildman–Crippen MR) is 64.5 cm³/mol. The summed E-state index contributed by atoms with van der Waals surface area (Å²) in [4.78, 5) is 35.7. The van der Waals surface area contributed by atoms with E-state index in [1.165, 1.54) is 7.11 Å². The van der Waals surface area contributed by atoms with Gasteiger partial charge in [0.05, 0.1) is 13.0 Å². The van der Waals surface area contributed by atoms with Gasteiger partial charge in [-0.25, -0.2) is 9.59 Å². The molecule has 1 amide bonds. The third kappa shape index (κ3) is 3.84. The predicted octanol–water partition coefficient (Wildman–Crippen LogP) is 0.870. The van der Waals surface area contributed by atoms with Crippen LogP contribution in [0.4, 0.5) is 4.79 Å². The number of carboxylic acids is 1. The standard InChI is InChI=1S/C12H19NO6/c1-12(2,3)19-11(17)13-6-7(9(14)15)5-8(13)10(16)18-4/h7-8H,5-6H2,1-4H3,(H,14,15)/t7-,8-/m0/s1. The minimum Gasteiger partial charge on any atom is -0.481 e. The smallest absolute Gasteiger partial charge is 0.411 e. The van der Waals surface area contributed by atoms with Crippen molar-refractivity contribution in [1.82, 2.24) is 4.90 Å². The van der Waals surface area contributed by atoms with E-state index in [-0.39, 0.29) is 13.0 Å². The normalized spacial score (nSPS) is 23.1. The van der Waals surface area contributed by atoms with Gasteiger partial charge in [-0.05, 0) is 27.2 Å². The van der Waals surface area contributed by atoms with Gasteiger partial charge in [0.25, 0.3) is 0 Å². The molecule has 0 unspecified atom stereocenters. The van der Waals surface area contributed by atoms with Crippen molar-refractivity contribution in [3.8, 4) is 0 Å². The second-order valence-electron chi connectivity index (χ2n) is 5.44. The van der Waals surface area contributed by atoms with Crippen LogP contribution >= 0.6 is 0 Å². The first kappa shape index (κ1) is 15.3. The highest BCUT2D eigenvalue weighted by atomic mass is 16.6. The molecule has 0 aromatic rings. The van der Waals surface area contributed by atoms with E-state index >= 15 is 0 Å². The number of carbonyl (C=O) groups is 3. The average molecular weight is 273 g/mol. The van der Waals surface area contributed by atoms with E-state index in [1.807, 2.05) is 0 Å². The van der Waals surface area contributed by atoms with E-state index in [0.717, 1.165) is 4.90 Å². The van der Waals surface area contributed by atoms with E-state index in [2.05, 4.69) is 4.74 Å². The second-order valence-corrected chi connectivity index (χ2v) is 5.44. The summed E-state index contributed by atoms with van der Waals surface area (Å²) in [5.41, 5.74) is -0.709. The van der Waals surface area contributed by atoms with Gasteiger partial charge in [-0.2, -0.15) is 0 Å². The maximum Gasteiger partial charge on any atom is 0.411 e. The van der Waals surface area contributed by atoms with E-state index < -0.39 is 35.6 Å². The Hall–Kier alpha value is -1.79. The lowest BCUT2D eigenvalue weighted by atomic mass is 10.1. The van der Waals surface area contributed by atoms with E-state index in [4.69, 9.17) is 9.84 Å². The summed E-state index contributed by atoms with van der Waals surface area (Å²) < 4.78 is 9.75. The largest absolute Gasteiger partial charge is 0.481 e. The Kier molecular flexibility index (Phi) is 4.39. The van der Waals surface area contributed by atoms with Crippen LogP contribution in [-0.2, 0) is 19.1 Å². The van der Waals surface area contributed by atoms with Crippen molar-refractivity contribution in [1.29, 1.82) is 0 Å². The summed E-state index contributed by atoms with van der Waals surface area (Å²) in [5, 5.41) is 8.99. The zero-order valence-corrected chi connectivity index (χ0v) is 11.5. The summed E-state index contributed by atoms with van der Waals surface area (Å²) in [6.45, 7) is 5.04. The zero-order valence-electron chi connectivity index (χ0n) is 11.5. The van der Waals surface area contributed by atoms with Crippen LogP contribution in [0.25, 0.3) is 0 Å². The third-order valence-corrected chi connectivity index (χ3v) is 2.75. The molecule has 1 heterocycles. The Labute approximate surface area is 111 Å². The minimum atomic E-state index is -1.04. The van der Waals surface area contributed by atoms with Crippen LogP contribution in [0.15, 0.2) is 0 Å². The number of carbonyl (C=O) groups excluding carboxylic acids is 2. The summed E-state index contributed by atoms with van der Waals surface area (Å²) >= 11 is 0. The van der Waals surface area contributed by atoms with Gasteiger partial charge in [0.15, 0.2) is 0 Å². The molecule has 108 valence electrons. The van der Waals surface area contributed by atoms with Gasteiger partial charge in [-0.3, -0.25) is 9.69 Å². The summed E-state index contributed by atoms with van der Waals surface area (Å²) in [6.07, 6.45) is -0.659. The lowest BCUT2D eigenvalue weighted by Crippen LogP contribution is -2.43. The Morgan fingerprint density at radius 1 is 1.26 bits per heavy atom. The summed E-state index contributed by atoms with van der Waals surface area (Å²) in [7, 11) is 1.20. The van der Waals surface area contributed by atoms with Crippen molar-refractivity contribution in [3.63, 3.8) is 0 Å². The van der Waals surface area contributed by atoms with Gasteiger partial charge in [0, 0.05) is 6.54 Å². The topological polar surface area (TPSA) is 93.1 Å². The number of esters is 1. The van der Waals surface area contributed by atoms with Crippen LogP contribution in [0.1, 0.15) is 27.2 Å². The molecule has 0 bridgehead atoms. The molecule has 0 saturated carbocycles. The monoisotopic (exact) mass is 273 g/mol.